The summed E-state index contributed by atoms with van der Waals surface area (Å²) < 4.78 is 53.3. The maximum Gasteiger partial charge on any atom is 0.246 e. The molecule has 154 valence electrons. The molecule has 2 aromatic carbocycles. The molecule has 2 amide bonds. The van der Waals surface area contributed by atoms with Gasteiger partial charge in [-0.2, -0.15) is 4.31 Å². The van der Waals surface area contributed by atoms with Gasteiger partial charge in [0.05, 0.1) is 17.9 Å². The fraction of sp³-hybridized carbons (Fsp3) is 0.263. The summed E-state index contributed by atoms with van der Waals surface area (Å²) in [7, 11) is -3.35. The lowest BCUT2D eigenvalue weighted by atomic mass is 10.1. The zero-order chi connectivity index (χ0) is 21.3. The fourth-order valence-corrected chi connectivity index (χ4v) is 4.35. The van der Waals surface area contributed by atoms with Crippen molar-refractivity contribution in [3.8, 4) is 0 Å². The molecule has 0 saturated carbocycles. The molecule has 0 aromatic heterocycles. The minimum Gasteiger partial charge on any atom is -0.324 e. The number of anilines is 2. The smallest absolute Gasteiger partial charge is 0.246 e. The number of hydrogen-bond acceptors (Lipinski definition) is 4. The molecule has 1 aliphatic rings. The molecular weight excluding hydrogens is 404 g/mol. The van der Waals surface area contributed by atoms with Crippen molar-refractivity contribution in [3.63, 3.8) is 0 Å². The van der Waals surface area contributed by atoms with Gasteiger partial charge >= 0.3 is 0 Å². The van der Waals surface area contributed by atoms with Crippen LogP contribution in [0, 0.1) is 11.6 Å². The number of halogens is 2. The van der Waals surface area contributed by atoms with Crippen molar-refractivity contribution in [2.45, 2.75) is 24.3 Å². The fourth-order valence-electron chi connectivity index (χ4n) is 3.16. The predicted molar refractivity (Wildman–Crippen MR) is 103 cm³/mol. The Morgan fingerprint density at radius 1 is 1.24 bits per heavy atom. The number of carbonyl (C=O) groups excluding carboxylic acids is 2. The largest absolute Gasteiger partial charge is 0.324 e. The molecule has 10 heteroatoms. The number of hydrogen-bond donors (Lipinski definition) is 1. The summed E-state index contributed by atoms with van der Waals surface area (Å²) >= 11 is 0. The van der Waals surface area contributed by atoms with Gasteiger partial charge in [0.2, 0.25) is 21.8 Å². The Morgan fingerprint density at radius 3 is 2.66 bits per heavy atom. The number of nitrogens with zero attached hydrogens (tertiary/aromatic N) is 2. The van der Waals surface area contributed by atoms with Crippen LogP contribution in [0.4, 0.5) is 20.2 Å². The van der Waals surface area contributed by atoms with E-state index in [1.54, 1.807) is 31.2 Å². The van der Waals surface area contributed by atoms with Gasteiger partial charge in [0.1, 0.15) is 16.5 Å². The molecule has 1 unspecified atom stereocenters. The van der Waals surface area contributed by atoms with E-state index in [0.717, 1.165) is 13.1 Å². The van der Waals surface area contributed by atoms with Crippen LogP contribution in [0.1, 0.15) is 13.3 Å². The summed E-state index contributed by atoms with van der Waals surface area (Å²) in [5.74, 6) is -2.91. The molecule has 0 radical (unpaired) electrons. The lowest BCUT2D eigenvalue weighted by Crippen LogP contribution is -2.45. The lowest BCUT2D eigenvalue weighted by molar-refractivity contribution is -0.119. The maximum atomic E-state index is 14.0. The zero-order valence-electron chi connectivity index (χ0n) is 15.7. The van der Waals surface area contributed by atoms with Crippen LogP contribution in [0.5, 0.6) is 0 Å². The third kappa shape index (κ3) is 4.13. The predicted octanol–water partition coefficient (Wildman–Crippen LogP) is 2.35. The van der Waals surface area contributed by atoms with E-state index in [2.05, 4.69) is 5.32 Å². The second kappa shape index (κ2) is 7.88. The van der Waals surface area contributed by atoms with Crippen molar-refractivity contribution >= 4 is 33.2 Å². The summed E-state index contributed by atoms with van der Waals surface area (Å²) in [6.07, 6.45) is 0.0232. The Hall–Kier alpha value is -2.85. The molecule has 1 heterocycles. The highest BCUT2D eigenvalue weighted by molar-refractivity contribution is 7.89. The Balaban J connectivity index is 1.91. The lowest BCUT2D eigenvalue weighted by Gasteiger charge is -2.29. The molecule has 2 aromatic rings. The molecule has 1 atom stereocenters. The van der Waals surface area contributed by atoms with Crippen LogP contribution < -0.4 is 10.2 Å². The topological polar surface area (TPSA) is 86.8 Å². The maximum absolute atomic E-state index is 14.0. The molecule has 0 bridgehead atoms. The van der Waals surface area contributed by atoms with Gasteiger partial charge in [-0.15, -0.1) is 0 Å². The van der Waals surface area contributed by atoms with E-state index in [9.17, 15) is 26.8 Å². The average Bonchev–Trinajstić information content (AvgIpc) is 2.77. The normalized spacial score (nSPS) is 16.9. The molecule has 1 N–H and O–H groups in total. The van der Waals surface area contributed by atoms with Crippen LogP contribution in [0.3, 0.4) is 0 Å². The number of sulfonamides is 1. The van der Waals surface area contributed by atoms with Gasteiger partial charge in [-0.25, -0.2) is 17.2 Å². The van der Waals surface area contributed by atoms with Gasteiger partial charge in [-0.3, -0.25) is 9.59 Å². The summed E-state index contributed by atoms with van der Waals surface area (Å²) in [6, 6.07) is 8.20. The third-order valence-corrected chi connectivity index (χ3v) is 6.39. The molecule has 0 saturated heterocycles. The first kappa shape index (κ1) is 20.9. The zero-order valence-corrected chi connectivity index (χ0v) is 16.5. The Kier molecular flexibility index (Phi) is 5.67. The molecule has 0 fully saturated rings. The Labute approximate surface area is 167 Å². The number of likely N-dealkylation sites (N-methyl/N-ethyl adjacent to an activating group) is 1. The first-order valence-corrected chi connectivity index (χ1v) is 10.2. The van der Waals surface area contributed by atoms with Crippen molar-refractivity contribution in [1.29, 1.82) is 0 Å². The van der Waals surface area contributed by atoms with Gasteiger partial charge < -0.3 is 10.2 Å². The third-order valence-electron chi connectivity index (χ3n) is 4.57. The number of amides is 2. The van der Waals surface area contributed by atoms with Gasteiger partial charge in [-0.05, 0) is 37.3 Å². The molecule has 0 spiro atoms. The van der Waals surface area contributed by atoms with Crippen molar-refractivity contribution in [2.24, 2.45) is 0 Å². The first-order valence-electron chi connectivity index (χ1n) is 8.73. The first-order chi connectivity index (χ1) is 13.6. The molecule has 1 aliphatic heterocycles. The Morgan fingerprint density at radius 2 is 1.93 bits per heavy atom. The highest BCUT2D eigenvalue weighted by Gasteiger charge is 2.33. The van der Waals surface area contributed by atoms with Crippen LogP contribution in [0.15, 0.2) is 47.4 Å². The van der Waals surface area contributed by atoms with Gasteiger partial charge in [-0.1, -0.05) is 12.1 Å². The summed E-state index contributed by atoms with van der Waals surface area (Å²) in [5.41, 5.74) is 0.857. The number of nitrogens with one attached hydrogen (secondary N) is 1. The van der Waals surface area contributed by atoms with E-state index in [0.29, 0.717) is 27.8 Å². The number of carbonyl (C=O) groups is 2. The van der Waals surface area contributed by atoms with E-state index in [1.165, 1.54) is 4.90 Å². The Bertz CT molecular complexity index is 1070. The minimum absolute atomic E-state index is 0.0232. The van der Waals surface area contributed by atoms with Crippen LogP contribution in [-0.2, 0) is 19.6 Å². The summed E-state index contributed by atoms with van der Waals surface area (Å²) in [4.78, 5) is 25.5. The van der Waals surface area contributed by atoms with Gasteiger partial charge in [0.15, 0.2) is 0 Å². The SMILES string of the molecule is CC1CC(=O)Nc2ccccc2N1C(=O)CN(C)S(=O)(=O)c1cc(F)ccc1F. The van der Waals surface area contributed by atoms with Crippen molar-refractivity contribution in [3.05, 3.63) is 54.1 Å². The summed E-state index contributed by atoms with van der Waals surface area (Å²) in [6.45, 7) is 1.05. The summed E-state index contributed by atoms with van der Waals surface area (Å²) in [5, 5.41) is 2.70. The number of fused-ring (bicyclic) bond motifs is 1. The van der Waals surface area contributed by atoms with Crippen LogP contribution in [-0.4, -0.2) is 44.2 Å². The van der Waals surface area contributed by atoms with E-state index in [1.807, 2.05) is 0 Å². The number of rotatable bonds is 4. The minimum atomic E-state index is -4.45. The van der Waals surface area contributed by atoms with Gasteiger partial charge in [0.25, 0.3) is 0 Å². The monoisotopic (exact) mass is 423 g/mol. The quantitative estimate of drug-likeness (QED) is 0.818. The second-order valence-electron chi connectivity index (χ2n) is 6.72. The number of para-hydroxylation sites is 2. The van der Waals surface area contributed by atoms with E-state index in [4.69, 9.17) is 0 Å². The van der Waals surface area contributed by atoms with Crippen molar-refractivity contribution in [2.75, 3.05) is 23.8 Å². The van der Waals surface area contributed by atoms with E-state index >= 15 is 0 Å². The molecule has 0 aliphatic carbocycles. The van der Waals surface area contributed by atoms with E-state index < -0.39 is 45.0 Å². The standard InChI is InChI=1S/C19H19F2N3O4S/c1-12-9-18(25)22-15-5-3-4-6-16(15)24(12)19(26)11-23(2)29(27,28)17-10-13(20)7-8-14(17)21/h3-8,10,12H,9,11H2,1-2H3,(H,22,25). The molecular formula is C19H19F2N3O4S. The average molecular weight is 423 g/mol. The van der Waals surface area contributed by atoms with E-state index in [-0.39, 0.29) is 12.3 Å². The highest BCUT2D eigenvalue weighted by Crippen LogP contribution is 2.31. The second-order valence-corrected chi connectivity index (χ2v) is 8.73. The molecule has 29 heavy (non-hydrogen) atoms. The van der Waals surface area contributed by atoms with Crippen LogP contribution in [0.2, 0.25) is 0 Å². The van der Waals surface area contributed by atoms with Crippen molar-refractivity contribution in [1.82, 2.24) is 4.31 Å². The van der Waals surface area contributed by atoms with Crippen LogP contribution >= 0.6 is 0 Å². The molecule has 3 rings (SSSR count). The van der Waals surface area contributed by atoms with Gasteiger partial charge in [0, 0.05) is 19.5 Å². The van der Waals surface area contributed by atoms with Crippen LogP contribution in [0.25, 0.3) is 0 Å². The van der Waals surface area contributed by atoms with Crippen molar-refractivity contribution < 1.29 is 26.8 Å². The number of benzene rings is 2. The highest BCUT2D eigenvalue weighted by atomic mass is 32.2. The molecule has 7 nitrogen and oxygen atoms in total.